The predicted octanol–water partition coefficient (Wildman–Crippen LogP) is 13.5. The summed E-state index contributed by atoms with van der Waals surface area (Å²) >= 11 is 1.85. The lowest BCUT2D eigenvalue weighted by Gasteiger charge is -2.14. The number of hydrogen-bond acceptors (Lipinski definition) is 3. The second kappa shape index (κ2) is 12.2. The molecule has 2 aromatic heterocycles. The lowest BCUT2D eigenvalue weighted by Crippen LogP contribution is -1.97. The zero-order valence-corrected chi connectivity index (χ0v) is 28.4. The Morgan fingerprint density at radius 3 is 1.61 bits per heavy atom. The fourth-order valence-electron chi connectivity index (χ4n) is 7.19. The van der Waals surface area contributed by atoms with Gasteiger partial charge in [-0.2, -0.15) is 0 Å². The molecule has 0 saturated carbocycles. The van der Waals surface area contributed by atoms with Crippen molar-refractivity contribution in [3.05, 3.63) is 182 Å². The Bertz CT molecular complexity index is 2830. The SMILES string of the molecule is c1ccc(-c2cc(-c3ccc4sc5ccccc5c4c3)cc(-c3cc(-c4ccc5ccccc5c4)nc(-c4ccc5ccccc5c4)n3)c2)cc1. The van der Waals surface area contributed by atoms with E-state index in [2.05, 4.69) is 182 Å². The van der Waals surface area contributed by atoms with Gasteiger partial charge in [-0.3, -0.25) is 0 Å². The second-order valence-electron chi connectivity index (χ2n) is 13.1. The molecule has 238 valence electrons. The quantitative estimate of drug-likeness (QED) is 0.183. The van der Waals surface area contributed by atoms with Crippen LogP contribution in [0.4, 0.5) is 0 Å². The molecule has 0 amide bonds. The molecule has 0 saturated heterocycles. The van der Waals surface area contributed by atoms with E-state index in [1.165, 1.54) is 52.8 Å². The van der Waals surface area contributed by atoms with Gasteiger partial charge in [0.2, 0.25) is 0 Å². The van der Waals surface area contributed by atoms with Gasteiger partial charge in [-0.05, 0) is 98.4 Å². The molecule has 3 heteroatoms. The van der Waals surface area contributed by atoms with Crippen molar-refractivity contribution in [2.75, 3.05) is 0 Å². The molecule has 10 aromatic rings. The third kappa shape index (κ3) is 5.45. The smallest absolute Gasteiger partial charge is 0.160 e. The van der Waals surface area contributed by atoms with Crippen LogP contribution in [0.25, 0.3) is 97.9 Å². The Morgan fingerprint density at radius 2 is 0.843 bits per heavy atom. The molecule has 51 heavy (non-hydrogen) atoms. The van der Waals surface area contributed by atoms with Crippen LogP contribution in [0.2, 0.25) is 0 Å². The Labute approximate surface area is 300 Å². The van der Waals surface area contributed by atoms with Crippen LogP contribution < -0.4 is 0 Å². The van der Waals surface area contributed by atoms with Crippen molar-refractivity contribution >= 4 is 53.1 Å². The number of hydrogen-bond donors (Lipinski definition) is 0. The molecular weight excluding hydrogens is 637 g/mol. The van der Waals surface area contributed by atoms with Crippen LogP contribution >= 0.6 is 11.3 Å². The molecule has 0 fully saturated rings. The van der Waals surface area contributed by atoms with E-state index in [0.717, 1.165) is 39.2 Å². The van der Waals surface area contributed by atoms with Crippen LogP contribution in [0.1, 0.15) is 0 Å². The van der Waals surface area contributed by atoms with Gasteiger partial charge in [0.1, 0.15) is 0 Å². The van der Waals surface area contributed by atoms with Crippen LogP contribution in [-0.4, -0.2) is 9.97 Å². The number of fused-ring (bicyclic) bond motifs is 5. The van der Waals surface area contributed by atoms with Crippen molar-refractivity contribution in [1.29, 1.82) is 0 Å². The lowest BCUT2D eigenvalue weighted by atomic mass is 9.94. The van der Waals surface area contributed by atoms with Gasteiger partial charge in [0.05, 0.1) is 11.4 Å². The molecule has 0 radical (unpaired) electrons. The molecule has 0 aliphatic carbocycles. The number of rotatable bonds is 5. The number of aromatic nitrogens is 2. The summed E-state index contributed by atoms with van der Waals surface area (Å²) in [6.45, 7) is 0. The van der Waals surface area contributed by atoms with E-state index in [1.807, 2.05) is 11.3 Å². The second-order valence-corrected chi connectivity index (χ2v) is 14.1. The molecule has 2 heterocycles. The summed E-state index contributed by atoms with van der Waals surface area (Å²) in [5.74, 6) is 0.708. The molecule has 0 spiro atoms. The van der Waals surface area contributed by atoms with Crippen molar-refractivity contribution in [3.63, 3.8) is 0 Å². The van der Waals surface area contributed by atoms with Crippen LogP contribution in [0, 0.1) is 0 Å². The van der Waals surface area contributed by atoms with Gasteiger partial charge in [-0.15, -0.1) is 11.3 Å². The molecule has 0 unspecified atom stereocenters. The summed E-state index contributed by atoms with van der Waals surface area (Å²) in [7, 11) is 0. The van der Waals surface area contributed by atoms with Gasteiger partial charge >= 0.3 is 0 Å². The van der Waals surface area contributed by atoms with Crippen LogP contribution in [0.5, 0.6) is 0 Å². The predicted molar refractivity (Wildman–Crippen MR) is 217 cm³/mol. The van der Waals surface area contributed by atoms with Crippen LogP contribution in [0.15, 0.2) is 182 Å². The molecule has 10 rings (SSSR count). The highest BCUT2D eigenvalue weighted by Crippen LogP contribution is 2.39. The van der Waals surface area contributed by atoms with E-state index < -0.39 is 0 Å². The first kappa shape index (κ1) is 29.5. The van der Waals surface area contributed by atoms with E-state index in [-0.39, 0.29) is 0 Å². The summed E-state index contributed by atoms with van der Waals surface area (Å²) < 4.78 is 2.61. The molecule has 0 N–H and O–H groups in total. The summed E-state index contributed by atoms with van der Waals surface area (Å²) in [6.07, 6.45) is 0. The minimum Gasteiger partial charge on any atom is -0.228 e. The van der Waals surface area contributed by atoms with E-state index >= 15 is 0 Å². The summed E-state index contributed by atoms with van der Waals surface area (Å²) in [5.41, 5.74) is 9.54. The van der Waals surface area contributed by atoms with Crippen molar-refractivity contribution in [3.8, 4) is 56.2 Å². The van der Waals surface area contributed by atoms with E-state index in [1.54, 1.807) is 0 Å². The van der Waals surface area contributed by atoms with Crippen molar-refractivity contribution < 1.29 is 0 Å². The normalized spacial score (nSPS) is 11.5. The molecule has 0 aliphatic rings. The molecular formula is C48H30N2S. The topological polar surface area (TPSA) is 25.8 Å². The summed E-state index contributed by atoms with van der Waals surface area (Å²) in [5, 5.41) is 7.35. The average Bonchev–Trinajstić information content (AvgIpc) is 3.58. The first-order valence-corrected chi connectivity index (χ1v) is 18.0. The maximum absolute atomic E-state index is 5.31. The van der Waals surface area contributed by atoms with E-state index in [9.17, 15) is 0 Å². The zero-order valence-electron chi connectivity index (χ0n) is 27.6. The molecule has 0 atom stereocenters. The Balaban J connectivity index is 1.20. The summed E-state index contributed by atoms with van der Waals surface area (Å²) in [4.78, 5) is 10.5. The maximum atomic E-state index is 5.31. The van der Waals surface area contributed by atoms with Crippen LogP contribution in [0.3, 0.4) is 0 Å². The minimum absolute atomic E-state index is 0.708. The third-order valence-electron chi connectivity index (χ3n) is 9.82. The third-order valence-corrected chi connectivity index (χ3v) is 11.0. The summed E-state index contributed by atoms with van der Waals surface area (Å²) in [6, 6.07) is 65.2. The average molecular weight is 667 g/mol. The Morgan fingerprint density at radius 1 is 0.294 bits per heavy atom. The number of thiophene rings is 1. The fraction of sp³-hybridized carbons (Fsp3) is 0. The maximum Gasteiger partial charge on any atom is 0.160 e. The van der Waals surface area contributed by atoms with Crippen molar-refractivity contribution in [2.24, 2.45) is 0 Å². The van der Waals surface area contributed by atoms with Gasteiger partial charge < -0.3 is 0 Å². The van der Waals surface area contributed by atoms with Gasteiger partial charge in [0.25, 0.3) is 0 Å². The molecule has 0 aliphatic heterocycles. The van der Waals surface area contributed by atoms with Crippen molar-refractivity contribution in [1.82, 2.24) is 9.97 Å². The zero-order chi connectivity index (χ0) is 33.7. The minimum atomic E-state index is 0.708. The van der Waals surface area contributed by atoms with E-state index in [0.29, 0.717) is 5.82 Å². The molecule has 8 aromatic carbocycles. The first-order chi connectivity index (χ1) is 25.2. The highest BCUT2D eigenvalue weighted by molar-refractivity contribution is 7.25. The van der Waals surface area contributed by atoms with Crippen molar-refractivity contribution in [2.45, 2.75) is 0 Å². The number of benzene rings is 8. The molecule has 2 nitrogen and oxygen atoms in total. The standard InChI is InChI=1S/C48H30N2S/c1-2-10-31(11-3-1)39-26-40(36-22-23-47-43(29-36)42-16-8-9-17-46(42)51-47)28-41(27-39)45-30-44(37-20-18-32-12-4-6-14-34(32)24-37)49-48(50-45)38-21-19-33-13-5-7-15-35(33)25-38/h1-30H. The monoisotopic (exact) mass is 666 g/mol. The van der Waals surface area contributed by atoms with Gasteiger partial charge in [-0.25, -0.2) is 9.97 Å². The molecule has 0 bridgehead atoms. The largest absolute Gasteiger partial charge is 0.228 e. The Hall–Kier alpha value is -6.42. The highest BCUT2D eigenvalue weighted by atomic mass is 32.1. The highest BCUT2D eigenvalue weighted by Gasteiger charge is 2.15. The van der Waals surface area contributed by atoms with Gasteiger partial charge in [-0.1, -0.05) is 127 Å². The Kier molecular flexibility index (Phi) is 7.04. The number of nitrogens with zero attached hydrogens (tertiary/aromatic N) is 2. The van der Waals surface area contributed by atoms with E-state index in [4.69, 9.17) is 9.97 Å². The first-order valence-electron chi connectivity index (χ1n) is 17.2. The van der Waals surface area contributed by atoms with Gasteiger partial charge in [0, 0.05) is 36.9 Å². The van der Waals surface area contributed by atoms with Crippen LogP contribution in [-0.2, 0) is 0 Å². The lowest BCUT2D eigenvalue weighted by molar-refractivity contribution is 1.18. The fourth-order valence-corrected chi connectivity index (χ4v) is 8.28. The van der Waals surface area contributed by atoms with Gasteiger partial charge in [0.15, 0.2) is 5.82 Å².